The molecule has 0 radical (unpaired) electrons. The Balaban J connectivity index is -0.000000103. The number of aromatic nitrogens is 3. The third-order valence-electron chi connectivity index (χ3n) is 3.05. The molecule has 0 aliphatic rings. The summed E-state index contributed by atoms with van der Waals surface area (Å²) < 4.78 is 1.73. The summed E-state index contributed by atoms with van der Waals surface area (Å²) in [5.74, 6) is 6.16. The van der Waals surface area contributed by atoms with E-state index in [-0.39, 0.29) is 7.43 Å². The average Bonchev–Trinajstić information content (AvgIpc) is 3.48. The van der Waals surface area contributed by atoms with Gasteiger partial charge in [-0.05, 0) is 30.2 Å². The van der Waals surface area contributed by atoms with Crippen molar-refractivity contribution in [3.63, 3.8) is 0 Å². The Labute approximate surface area is 238 Å². The molecule has 216 valence electrons. The first-order valence-electron chi connectivity index (χ1n) is 14.3. The summed E-state index contributed by atoms with van der Waals surface area (Å²) in [5, 5.41) is 4.21. The molecule has 2 heterocycles. The van der Waals surface area contributed by atoms with Crippen molar-refractivity contribution in [1.29, 1.82) is 0 Å². The van der Waals surface area contributed by atoms with E-state index in [1.165, 1.54) is 0 Å². The molecule has 0 saturated heterocycles. The quantitative estimate of drug-likeness (QED) is 0.214. The van der Waals surface area contributed by atoms with E-state index in [0.29, 0.717) is 0 Å². The molecule has 4 aromatic rings. The molecular formula is C35H61N3. The first-order chi connectivity index (χ1) is 18.4. The number of fused-ring (bicyclic) bond motifs is 1. The van der Waals surface area contributed by atoms with E-state index in [1.54, 1.807) is 16.9 Å². The molecule has 0 saturated carbocycles. The van der Waals surface area contributed by atoms with E-state index in [1.807, 2.05) is 176 Å². The lowest BCUT2D eigenvalue weighted by Gasteiger charge is -1.91. The fourth-order valence-corrected chi connectivity index (χ4v) is 1.96. The van der Waals surface area contributed by atoms with Crippen molar-refractivity contribution in [1.82, 2.24) is 14.6 Å². The summed E-state index contributed by atoms with van der Waals surface area (Å²) in [6.07, 6.45) is 3.46. The number of benzene rings is 2. The zero-order valence-corrected chi connectivity index (χ0v) is 26.5. The number of rotatable bonds is 0. The molecule has 0 aliphatic heterocycles. The van der Waals surface area contributed by atoms with Crippen molar-refractivity contribution in [2.24, 2.45) is 0 Å². The number of hydrogen-bond donors (Lipinski definition) is 0. The lowest BCUT2D eigenvalue weighted by molar-refractivity contribution is 0.923. The van der Waals surface area contributed by atoms with Crippen LogP contribution in [0.15, 0.2) is 91.3 Å². The van der Waals surface area contributed by atoms with Crippen LogP contribution < -0.4 is 0 Å². The van der Waals surface area contributed by atoms with Crippen LogP contribution in [-0.2, 0) is 0 Å². The van der Waals surface area contributed by atoms with Gasteiger partial charge in [-0.2, -0.15) is 5.10 Å². The Morgan fingerprint density at radius 1 is 0.500 bits per heavy atom. The Morgan fingerprint density at radius 2 is 0.895 bits per heavy atom. The van der Waals surface area contributed by atoms with Crippen molar-refractivity contribution in [2.75, 3.05) is 0 Å². The number of imidazole rings is 1. The van der Waals surface area contributed by atoms with Gasteiger partial charge < -0.3 is 0 Å². The summed E-state index contributed by atoms with van der Waals surface area (Å²) in [5.41, 5.74) is 2.59. The van der Waals surface area contributed by atoms with E-state index >= 15 is 0 Å². The summed E-state index contributed by atoms with van der Waals surface area (Å²) in [6.45, 7) is 28.0. The van der Waals surface area contributed by atoms with Crippen LogP contribution in [0.5, 0.6) is 0 Å². The molecule has 0 N–H and O–H groups in total. The van der Waals surface area contributed by atoms with Gasteiger partial charge in [0.15, 0.2) is 5.65 Å². The van der Waals surface area contributed by atoms with Gasteiger partial charge in [0.05, 0.1) is 6.20 Å². The molecule has 2 aromatic heterocycles. The molecule has 3 nitrogen and oxygen atoms in total. The standard InChI is InChI=1S/C14H9N3.C6H6.7C2H6.CH4/c1-2-5-12(6-3-1)8-9-13-11-15-14-7-4-10-16-17(13)14;1-2-4-6-5-3-1;7*1-2;/h1-7,10-11H;1-6H;7*1-2H3;1H4. The molecule has 2 aromatic carbocycles. The van der Waals surface area contributed by atoms with Gasteiger partial charge in [-0.3, -0.25) is 0 Å². The lowest BCUT2D eigenvalue weighted by atomic mass is 10.2. The Hall–Kier alpha value is -3.38. The predicted octanol–water partition coefficient (Wildman–Crippen LogP) is 11.6. The van der Waals surface area contributed by atoms with Gasteiger partial charge in [0.25, 0.3) is 0 Å². The first-order valence-corrected chi connectivity index (χ1v) is 14.3. The van der Waals surface area contributed by atoms with Crippen LogP contribution in [0.3, 0.4) is 0 Å². The van der Waals surface area contributed by atoms with Crippen LogP contribution >= 0.6 is 0 Å². The summed E-state index contributed by atoms with van der Waals surface area (Å²) in [7, 11) is 0. The van der Waals surface area contributed by atoms with Gasteiger partial charge in [-0.1, -0.05) is 165 Å². The van der Waals surface area contributed by atoms with Crippen LogP contribution in [0.1, 0.15) is 116 Å². The highest BCUT2D eigenvalue weighted by Crippen LogP contribution is 2.03. The van der Waals surface area contributed by atoms with E-state index < -0.39 is 0 Å². The van der Waals surface area contributed by atoms with E-state index in [4.69, 9.17) is 0 Å². The second-order valence-electron chi connectivity index (χ2n) is 4.71. The highest BCUT2D eigenvalue weighted by atomic mass is 15.2. The summed E-state index contributed by atoms with van der Waals surface area (Å²) in [4.78, 5) is 4.23. The van der Waals surface area contributed by atoms with Crippen LogP contribution in [-0.4, -0.2) is 14.6 Å². The monoisotopic (exact) mass is 523 g/mol. The largest absolute Gasteiger partial charge is 0.234 e. The van der Waals surface area contributed by atoms with Crippen molar-refractivity contribution in [2.45, 2.75) is 104 Å². The van der Waals surface area contributed by atoms with Gasteiger partial charge in [0.2, 0.25) is 0 Å². The van der Waals surface area contributed by atoms with Gasteiger partial charge >= 0.3 is 0 Å². The van der Waals surface area contributed by atoms with Gasteiger partial charge in [0.1, 0.15) is 5.69 Å². The highest BCUT2D eigenvalue weighted by Gasteiger charge is 1.98. The van der Waals surface area contributed by atoms with E-state index in [9.17, 15) is 0 Å². The minimum absolute atomic E-state index is 0. The maximum absolute atomic E-state index is 4.23. The zero-order valence-electron chi connectivity index (χ0n) is 26.5. The number of hydrogen-bond acceptors (Lipinski definition) is 2. The third kappa shape index (κ3) is 25.7. The van der Waals surface area contributed by atoms with E-state index in [0.717, 1.165) is 16.9 Å². The molecule has 3 heteroatoms. The summed E-state index contributed by atoms with van der Waals surface area (Å²) in [6, 6.07) is 25.6. The lowest BCUT2D eigenvalue weighted by Crippen LogP contribution is -1.92. The Bertz CT molecular complexity index is 892. The van der Waals surface area contributed by atoms with Crippen molar-refractivity contribution >= 4 is 5.65 Å². The van der Waals surface area contributed by atoms with Crippen molar-refractivity contribution in [3.05, 3.63) is 103 Å². The smallest absolute Gasteiger partial charge is 0.154 e. The Morgan fingerprint density at radius 3 is 1.32 bits per heavy atom. The van der Waals surface area contributed by atoms with Gasteiger partial charge in [0, 0.05) is 11.8 Å². The topological polar surface area (TPSA) is 30.2 Å². The molecule has 0 fully saturated rings. The fourth-order valence-electron chi connectivity index (χ4n) is 1.96. The van der Waals surface area contributed by atoms with Crippen LogP contribution in [0.4, 0.5) is 0 Å². The van der Waals surface area contributed by atoms with Crippen LogP contribution in [0.2, 0.25) is 0 Å². The van der Waals surface area contributed by atoms with Gasteiger partial charge in [-0.25, -0.2) is 9.50 Å². The fraction of sp³-hybridized carbons (Fsp3) is 0.429. The third-order valence-corrected chi connectivity index (χ3v) is 3.05. The number of nitrogens with zero attached hydrogens (tertiary/aromatic N) is 3. The molecule has 0 amide bonds. The SMILES string of the molecule is C.C(#Cc1cnc2cccnn12)c1ccccc1.CC.CC.CC.CC.CC.CC.CC.c1ccccc1. The van der Waals surface area contributed by atoms with Gasteiger partial charge in [-0.15, -0.1) is 0 Å². The van der Waals surface area contributed by atoms with E-state index in [2.05, 4.69) is 21.9 Å². The molecule has 0 bridgehead atoms. The second kappa shape index (κ2) is 46.9. The second-order valence-corrected chi connectivity index (χ2v) is 4.71. The maximum atomic E-state index is 4.23. The Kier molecular flexibility index (Phi) is 59.0. The van der Waals surface area contributed by atoms with Crippen LogP contribution in [0, 0.1) is 11.8 Å². The van der Waals surface area contributed by atoms with Crippen LogP contribution in [0.25, 0.3) is 5.65 Å². The normalized spacial score (nSPS) is 6.79. The van der Waals surface area contributed by atoms with Crippen molar-refractivity contribution < 1.29 is 0 Å². The molecule has 0 aliphatic carbocycles. The average molecular weight is 524 g/mol. The minimum Gasteiger partial charge on any atom is -0.234 e. The summed E-state index contributed by atoms with van der Waals surface area (Å²) >= 11 is 0. The van der Waals surface area contributed by atoms with Crippen molar-refractivity contribution in [3.8, 4) is 11.8 Å². The predicted molar refractivity (Wildman–Crippen MR) is 178 cm³/mol. The first kappa shape index (κ1) is 47.8. The molecule has 0 unspecified atom stereocenters. The molecule has 38 heavy (non-hydrogen) atoms. The molecule has 4 rings (SSSR count). The molecule has 0 atom stereocenters. The molecular weight excluding hydrogens is 462 g/mol. The minimum atomic E-state index is 0. The maximum Gasteiger partial charge on any atom is 0.154 e. The highest BCUT2D eigenvalue weighted by molar-refractivity contribution is 5.45. The molecule has 0 spiro atoms. The zero-order chi connectivity index (χ0) is 29.7.